The average molecular weight is 264 g/mol. The lowest BCUT2D eigenvalue weighted by atomic mass is 10.4. The van der Waals surface area contributed by atoms with E-state index < -0.39 is 9.87 Å². The molecule has 2 atom stereocenters. The zero-order valence-corrected chi connectivity index (χ0v) is 11.5. The van der Waals surface area contributed by atoms with Crippen LogP contribution in [0.5, 0.6) is 0 Å². The first-order chi connectivity index (χ1) is 7.25. The van der Waals surface area contributed by atoms with Crippen LogP contribution in [0.4, 0.5) is 0 Å². The van der Waals surface area contributed by atoms with Crippen LogP contribution >= 0.6 is 23.5 Å². The third-order valence-electron chi connectivity index (χ3n) is 2.00. The number of rotatable bonds is 2. The Morgan fingerprint density at radius 1 is 0.938 bits per heavy atom. The van der Waals surface area contributed by atoms with Crippen molar-refractivity contribution >= 4 is 35.5 Å². The maximum atomic E-state index is 10.9. The largest absolute Gasteiger partial charge is 0.448 e. The van der Waals surface area contributed by atoms with Gasteiger partial charge < -0.3 is 9.47 Å². The van der Waals surface area contributed by atoms with E-state index in [9.17, 15) is 9.59 Å². The van der Waals surface area contributed by atoms with Crippen molar-refractivity contribution in [3.8, 4) is 0 Å². The summed E-state index contributed by atoms with van der Waals surface area (Å²) in [6.07, 6.45) is 0. The third-order valence-corrected chi connectivity index (χ3v) is 5.43. The van der Waals surface area contributed by atoms with Gasteiger partial charge in [0, 0.05) is 25.4 Å². The fraction of sp³-hybridized carbons (Fsp3) is 0.800. The van der Waals surface area contributed by atoms with Gasteiger partial charge in [-0.15, -0.1) is 23.5 Å². The van der Waals surface area contributed by atoms with Crippen LogP contribution in [-0.4, -0.2) is 33.3 Å². The number of thioether (sulfide) groups is 2. The van der Waals surface area contributed by atoms with E-state index in [-0.39, 0.29) is 11.9 Å². The fourth-order valence-corrected chi connectivity index (χ4v) is 4.00. The molecule has 1 saturated heterocycles. The lowest BCUT2D eigenvalue weighted by molar-refractivity contribution is -0.149. The molecule has 2 unspecified atom stereocenters. The quantitative estimate of drug-likeness (QED) is 0.711. The van der Waals surface area contributed by atoms with Gasteiger partial charge in [0.15, 0.2) is 9.87 Å². The molecule has 0 amide bonds. The van der Waals surface area contributed by atoms with Crippen molar-refractivity contribution in [1.29, 1.82) is 0 Å². The standard InChI is InChI=1S/C10H16O4S2/c1-7(11)13-9(3)5-16-10(4,6-15-9)14-8(2)12/h5-6H2,1-4H3. The number of hydrogen-bond acceptors (Lipinski definition) is 6. The molecule has 1 aliphatic heterocycles. The van der Waals surface area contributed by atoms with E-state index in [0.717, 1.165) is 0 Å². The van der Waals surface area contributed by atoms with Gasteiger partial charge in [-0.2, -0.15) is 0 Å². The molecule has 1 fully saturated rings. The summed E-state index contributed by atoms with van der Waals surface area (Å²) in [6, 6.07) is 0. The van der Waals surface area contributed by atoms with Crippen LogP contribution in [0.25, 0.3) is 0 Å². The Hall–Kier alpha value is -0.360. The summed E-state index contributed by atoms with van der Waals surface area (Å²) >= 11 is 3.00. The monoisotopic (exact) mass is 264 g/mol. The minimum atomic E-state index is -0.518. The van der Waals surface area contributed by atoms with Crippen LogP contribution in [0, 0.1) is 0 Å². The fourth-order valence-electron chi connectivity index (χ4n) is 1.38. The number of esters is 2. The highest BCUT2D eigenvalue weighted by molar-refractivity contribution is 8.07. The summed E-state index contributed by atoms with van der Waals surface area (Å²) in [5, 5.41) is 0. The Bertz CT molecular complexity index is 265. The summed E-state index contributed by atoms with van der Waals surface area (Å²) in [5.74, 6) is 0.653. The van der Waals surface area contributed by atoms with Crippen molar-refractivity contribution in [3.05, 3.63) is 0 Å². The van der Waals surface area contributed by atoms with E-state index in [0.29, 0.717) is 11.5 Å². The zero-order valence-electron chi connectivity index (χ0n) is 9.86. The van der Waals surface area contributed by atoms with Gasteiger partial charge in [-0.25, -0.2) is 0 Å². The van der Waals surface area contributed by atoms with E-state index in [1.807, 2.05) is 13.8 Å². The maximum absolute atomic E-state index is 10.9. The van der Waals surface area contributed by atoms with E-state index in [1.165, 1.54) is 37.4 Å². The van der Waals surface area contributed by atoms with Gasteiger partial charge in [0.2, 0.25) is 0 Å². The summed E-state index contributed by atoms with van der Waals surface area (Å²) in [5.41, 5.74) is 0. The number of ether oxygens (including phenoxy) is 2. The van der Waals surface area contributed by atoms with Gasteiger partial charge >= 0.3 is 11.9 Å². The lowest BCUT2D eigenvalue weighted by Crippen LogP contribution is -2.43. The Morgan fingerprint density at radius 3 is 1.44 bits per heavy atom. The van der Waals surface area contributed by atoms with Crippen LogP contribution in [0.2, 0.25) is 0 Å². The second-order valence-corrected chi connectivity index (χ2v) is 6.91. The molecule has 6 heteroatoms. The highest BCUT2D eigenvalue weighted by Crippen LogP contribution is 2.45. The predicted molar refractivity (Wildman–Crippen MR) is 65.3 cm³/mol. The molecule has 1 heterocycles. The minimum absolute atomic E-state index is 0.285. The normalized spacial score (nSPS) is 34.2. The Kier molecular flexibility index (Phi) is 4.17. The highest BCUT2D eigenvalue weighted by atomic mass is 32.2. The second kappa shape index (κ2) is 4.87. The van der Waals surface area contributed by atoms with Crippen molar-refractivity contribution in [2.24, 2.45) is 0 Å². The summed E-state index contributed by atoms with van der Waals surface area (Å²) in [7, 11) is 0. The number of carbonyl (C=O) groups excluding carboxylic acids is 2. The first-order valence-corrected chi connectivity index (χ1v) is 6.89. The summed E-state index contributed by atoms with van der Waals surface area (Å²) in [4.78, 5) is 20.8. The molecule has 1 aliphatic rings. The first kappa shape index (κ1) is 13.7. The second-order valence-electron chi connectivity index (χ2n) is 4.03. The van der Waals surface area contributed by atoms with E-state index >= 15 is 0 Å². The van der Waals surface area contributed by atoms with Crippen molar-refractivity contribution in [2.45, 2.75) is 37.6 Å². The molecular formula is C10H16O4S2. The lowest BCUT2D eigenvalue weighted by Gasteiger charge is -2.40. The molecule has 0 saturated carbocycles. The van der Waals surface area contributed by atoms with Gasteiger partial charge in [-0.1, -0.05) is 0 Å². The minimum Gasteiger partial charge on any atom is -0.448 e. The van der Waals surface area contributed by atoms with E-state index in [4.69, 9.17) is 9.47 Å². The molecule has 0 aromatic heterocycles. The van der Waals surface area contributed by atoms with Crippen molar-refractivity contribution in [2.75, 3.05) is 11.5 Å². The first-order valence-electron chi connectivity index (χ1n) is 4.92. The zero-order chi connectivity index (χ0) is 12.4. The molecule has 16 heavy (non-hydrogen) atoms. The topological polar surface area (TPSA) is 52.6 Å². The molecule has 0 aromatic rings. The SMILES string of the molecule is CC(=O)OC1(C)CSC(C)(OC(C)=O)CS1. The van der Waals surface area contributed by atoms with Gasteiger partial charge in [-0.05, 0) is 13.8 Å². The molecule has 0 spiro atoms. The van der Waals surface area contributed by atoms with Gasteiger partial charge in [0.25, 0.3) is 0 Å². The van der Waals surface area contributed by atoms with Gasteiger partial charge in [0.1, 0.15) is 0 Å². The predicted octanol–water partition coefficient (Wildman–Crippen LogP) is 2.02. The van der Waals surface area contributed by atoms with Crippen LogP contribution in [0.1, 0.15) is 27.7 Å². The Labute approximate surface area is 104 Å². The van der Waals surface area contributed by atoms with Gasteiger partial charge in [-0.3, -0.25) is 9.59 Å². The average Bonchev–Trinajstić information content (AvgIpc) is 2.09. The Balaban J connectivity index is 2.55. The van der Waals surface area contributed by atoms with Crippen LogP contribution in [-0.2, 0) is 19.1 Å². The van der Waals surface area contributed by atoms with Crippen LogP contribution in [0.15, 0.2) is 0 Å². The molecule has 0 aromatic carbocycles. The van der Waals surface area contributed by atoms with Crippen LogP contribution in [0.3, 0.4) is 0 Å². The molecule has 92 valence electrons. The highest BCUT2D eigenvalue weighted by Gasteiger charge is 2.42. The van der Waals surface area contributed by atoms with Gasteiger partial charge in [0.05, 0.1) is 0 Å². The van der Waals surface area contributed by atoms with Crippen LogP contribution < -0.4 is 0 Å². The van der Waals surface area contributed by atoms with E-state index in [2.05, 4.69) is 0 Å². The molecule has 0 N–H and O–H groups in total. The van der Waals surface area contributed by atoms with Crippen molar-refractivity contribution in [3.63, 3.8) is 0 Å². The third kappa shape index (κ3) is 3.90. The Morgan fingerprint density at radius 2 is 1.25 bits per heavy atom. The summed E-state index contributed by atoms with van der Waals surface area (Å²) < 4.78 is 10.5. The number of carbonyl (C=O) groups is 2. The summed E-state index contributed by atoms with van der Waals surface area (Å²) in [6.45, 7) is 6.55. The molecular weight excluding hydrogens is 248 g/mol. The maximum Gasteiger partial charge on any atom is 0.304 e. The number of hydrogen-bond donors (Lipinski definition) is 0. The smallest absolute Gasteiger partial charge is 0.304 e. The van der Waals surface area contributed by atoms with Crippen molar-refractivity contribution in [1.82, 2.24) is 0 Å². The molecule has 4 nitrogen and oxygen atoms in total. The molecule has 0 radical (unpaired) electrons. The molecule has 1 rings (SSSR count). The van der Waals surface area contributed by atoms with E-state index in [1.54, 1.807) is 0 Å². The molecule has 0 aliphatic carbocycles. The molecule has 0 bridgehead atoms. The van der Waals surface area contributed by atoms with Crippen molar-refractivity contribution < 1.29 is 19.1 Å².